The van der Waals surface area contributed by atoms with E-state index in [4.69, 9.17) is 9.47 Å². The zero-order valence-corrected chi connectivity index (χ0v) is 61.1. The Balaban J connectivity index is 0.000000140. The molecule has 0 bridgehead atoms. The lowest BCUT2D eigenvalue weighted by molar-refractivity contribution is -0.290. The van der Waals surface area contributed by atoms with Crippen LogP contribution in [0.5, 0.6) is 23.0 Å². The number of carbonyl (C=O) groups excluding carboxylic acids is 4. The second-order valence-corrected chi connectivity index (χ2v) is 28.2. The number of imide groups is 2. The van der Waals surface area contributed by atoms with Crippen molar-refractivity contribution in [2.45, 2.75) is 62.7 Å². The van der Waals surface area contributed by atoms with Crippen molar-refractivity contribution >= 4 is 72.4 Å². The van der Waals surface area contributed by atoms with Gasteiger partial charge in [-0.25, -0.2) is 14.0 Å². The molecule has 3 aliphatic rings. The molecule has 590 valence electrons. The van der Waals surface area contributed by atoms with Crippen molar-refractivity contribution < 1.29 is 81.3 Å². The summed E-state index contributed by atoms with van der Waals surface area (Å²) in [5.41, 5.74) is -15.3. The van der Waals surface area contributed by atoms with Crippen molar-refractivity contribution in [1.82, 2.24) is 23.2 Å². The smallest absolute Gasteiger partial charge is 0.411 e. The number of halogens is 12. The number of benzene rings is 10. The number of amides is 4. The quantitative estimate of drug-likeness (QED) is 0.0963. The maximum atomic E-state index is 14.5. The Morgan fingerprint density at radius 2 is 0.547 bits per heavy atom. The fourth-order valence-electron chi connectivity index (χ4n) is 15.1. The molecule has 117 heavy (non-hydrogen) atoms. The minimum Gasteiger partial charge on any atom is -0.457 e. The third-order valence-corrected chi connectivity index (χ3v) is 21.3. The SMILES string of the molecule is Cc1ccc(C(c2ccc(-n3c(=O)c4cc5c(=O)n(C)c(=O)c5cc4c3=O)cc2)(C(F)(F)F)C(F)(F)F)cc1.Cc1ccc(C(c2ccc(N3C(=O)c4cc5c(cc4C3=O)Oc3cc4c(cc3C5)C(=O)N(C)C4=O)cc2)(C(F)(F)F)C(F)(F)F)cc1.Cc1ccc(Oc2ccc(-n3c(=O)c4cc5c(=O)n(C)c(=O)c5cc4c3=O)cc2)cc1. The van der Waals surface area contributed by atoms with Crippen molar-refractivity contribution in [3.05, 3.63) is 349 Å². The van der Waals surface area contributed by atoms with Crippen LogP contribution in [0.25, 0.3) is 54.5 Å². The average molecular weight is 1610 g/mol. The molecule has 0 spiro atoms. The summed E-state index contributed by atoms with van der Waals surface area (Å²) < 4.78 is 188. The lowest BCUT2D eigenvalue weighted by Gasteiger charge is -2.38. The van der Waals surface area contributed by atoms with E-state index in [0.29, 0.717) is 73.2 Å². The van der Waals surface area contributed by atoms with Crippen LogP contribution in [0.2, 0.25) is 0 Å². The topological polar surface area (TPSA) is 249 Å². The molecule has 3 aliphatic heterocycles. The van der Waals surface area contributed by atoms with Crippen LogP contribution in [0.1, 0.15) is 91.5 Å². The largest absolute Gasteiger partial charge is 0.457 e. The van der Waals surface area contributed by atoms with Gasteiger partial charge in [-0.05, 0) is 152 Å². The first kappa shape index (κ1) is 78.1. The molecule has 0 saturated carbocycles. The first-order valence-corrected chi connectivity index (χ1v) is 35.0. The van der Waals surface area contributed by atoms with Crippen LogP contribution in [-0.2, 0) is 31.3 Å². The summed E-state index contributed by atoms with van der Waals surface area (Å²) in [4.78, 5) is 155. The summed E-state index contributed by atoms with van der Waals surface area (Å²) in [7, 11) is 3.95. The number of aryl methyl sites for hydroxylation is 3. The molecule has 14 aromatic rings. The molecule has 0 radical (unpaired) electrons. The monoisotopic (exact) mass is 1610 g/mol. The first-order valence-electron chi connectivity index (χ1n) is 35.0. The molecule has 20 nitrogen and oxygen atoms in total. The van der Waals surface area contributed by atoms with Gasteiger partial charge < -0.3 is 9.47 Å². The van der Waals surface area contributed by atoms with Gasteiger partial charge in [0.15, 0.2) is 0 Å². The van der Waals surface area contributed by atoms with E-state index < -0.39 is 126 Å². The summed E-state index contributed by atoms with van der Waals surface area (Å²) in [6.45, 7) is 5.03. The minimum absolute atomic E-state index is 0.0448. The molecule has 10 aromatic carbocycles. The van der Waals surface area contributed by atoms with Crippen LogP contribution in [0.15, 0.2) is 232 Å². The van der Waals surface area contributed by atoms with E-state index >= 15 is 0 Å². The van der Waals surface area contributed by atoms with Crippen LogP contribution in [0, 0.1) is 20.8 Å². The highest BCUT2D eigenvalue weighted by atomic mass is 19.4. The highest BCUT2D eigenvalue weighted by Gasteiger charge is 2.74. The molecule has 4 aromatic heterocycles. The summed E-state index contributed by atoms with van der Waals surface area (Å²) >= 11 is 0. The van der Waals surface area contributed by atoms with Gasteiger partial charge in [-0.2, -0.15) is 52.7 Å². The molecular weight excluding hydrogens is 1560 g/mol. The maximum absolute atomic E-state index is 14.5. The van der Waals surface area contributed by atoms with Gasteiger partial charge in [0.2, 0.25) is 10.8 Å². The number of hydrogen-bond donors (Lipinski definition) is 0. The number of carbonyl (C=O) groups is 4. The Labute approximate surface area is 646 Å². The number of hydrogen-bond acceptors (Lipinski definition) is 14. The second kappa shape index (κ2) is 27.3. The molecular formula is C85H52F12N6O14. The van der Waals surface area contributed by atoms with Crippen molar-refractivity contribution in [3.8, 4) is 34.4 Å². The van der Waals surface area contributed by atoms with E-state index in [9.17, 15) is 110 Å². The Hall–Kier alpha value is -14.2. The number of rotatable bonds is 9. The van der Waals surface area contributed by atoms with Crippen molar-refractivity contribution in [2.75, 3.05) is 11.9 Å². The number of alkyl halides is 12. The Bertz CT molecular complexity index is 6800. The van der Waals surface area contributed by atoms with E-state index in [1.165, 1.54) is 71.4 Å². The van der Waals surface area contributed by atoms with Crippen LogP contribution >= 0.6 is 0 Å². The Kier molecular flexibility index (Phi) is 18.2. The summed E-state index contributed by atoms with van der Waals surface area (Å²) in [5.74, 6) is -0.949. The fourth-order valence-corrected chi connectivity index (χ4v) is 15.1. The van der Waals surface area contributed by atoms with Crippen LogP contribution in [-0.4, -0.2) is 78.5 Å². The number of aromatic nitrogens is 4. The predicted molar refractivity (Wildman–Crippen MR) is 404 cm³/mol. The lowest BCUT2D eigenvalue weighted by atomic mass is 9.72. The van der Waals surface area contributed by atoms with Crippen LogP contribution < -0.4 is 58.8 Å². The summed E-state index contributed by atoms with van der Waals surface area (Å²) in [6.07, 6.45) is -23.0. The number of fused-ring (bicyclic) bond motifs is 8. The van der Waals surface area contributed by atoms with E-state index in [1.807, 2.05) is 31.2 Å². The first-order chi connectivity index (χ1) is 55.0. The average Bonchev–Trinajstić information content (AvgIpc) is 1.72. The van der Waals surface area contributed by atoms with Gasteiger partial charge in [0.05, 0.1) is 82.4 Å². The molecule has 17 rings (SSSR count). The Morgan fingerprint density at radius 1 is 0.299 bits per heavy atom. The fraction of sp³-hybridized carbons (Fsp3) is 0.153. The van der Waals surface area contributed by atoms with E-state index in [1.54, 1.807) is 24.3 Å². The number of anilines is 1. The second-order valence-electron chi connectivity index (χ2n) is 28.2. The minimum atomic E-state index is -5.80. The maximum Gasteiger partial charge on any atom is 0.411 e. The zero-order valence-electron chi connectivity index (χ0n) is 61.1. The molecule has 0 atom stereocenters. The molecule has 32 heteroatoms. The standard InChI is InChI=1S/C34H20F6N2O5.C27H16F6N2O4.C24H16N2O5/c1-16-3-5-19(6-4-16)32(33(35,36)37,34(38,39)40)20-7-9-21(10-8-20)42-30(45)23-13-18-11-17-12-22-24(29(44)41(2)28(22)43)14-26(17)47-27(18)15-25(23)31(42)46;1-13-3-5-14(6-4-13)25(26(28,29)30,27(31,32)33)15-7-9-16(10-8-15)35-23(38)19-11-17-18(12-20(19)24(35)39)22(37)34(2)21(17)36;1-13-3-7-15(8-4-13)31-16-9-5-14(6-10-16)26-23(29)19-11-17-18(12-20(19)24(26)30)22(28)25(2)21(17)27/h3-10,12-15H,11H2,1-2H3;3-12H,1-2H3;3-12H,1-2H3. The third-order valence-electron chi connectivity index (χ3n) is 21.3. The lowest BCUT2D eigenvalue weighted by Crippen LogP contribution is -2.54. The number of nitrogens with zero attached hydrogens (tertiary/aromatic N) is 6. The highest BCUT2D eigenvalue weighted by Crippen LogP contribution is 2.58. The molecule has 4 amide bonds. The van der Waals surface area contributed by atoms with Crippen LogP contribution in [0.4, 0.5) is 58.4 Å². The van der Waals surface area contributed by atoms with Gasteiger partial charge in [-0.15, -0.1) is 0 Å². The van der Waals surface area contributed by atoms with Gasteiger partial charge in [0, 0.05) is 38.7 Å². The van der Waals surface area contributed by atoms with Gasteiger partial charge in [0.25, 0.3) is 68.1 Å². The predicted octanol–water partition coefficient (Wildman–Crippen LogP) is 13.8. The van der Waals surface area contributed by atoms with E-state index in [2.05, 4.69) is 0 Å². The molecule has 0 N–H and O–H groups in total. The van der Waals surface area contributed by atoms with Gasteiger partial charge in [-0.3, -0.25) is 71.6 Å². The van der Waals surface area contributed by atoms with Crippen LogP contribution in [0.3, 0.4) is 0 Å². The van der Waals surface area contributed by atoms with E-state index in [-0.39, 0.29) is 94.6 Å². The van der Waals surface area contributed by atoms with Crippen molar-refractivity contribution in [2.24, 2.45) is 14.1 Å². The van der Waals surface area contributed by atoms with Gasteiger partial charge in [0.1, 0.15) is 23.0 Å². The molecule has 0 aliphatic carbocycles. The third kappa shape index (κ3) is 12.1. The summed E-state index contributed by atoms with van der Waals surface area (Å²) in [5, 5.41) is -0.152. The highest BCUT2D eigenvalue weighted by molar-refractivity contribution is 6.34. The van der Waals surface area contributed by atoms with Gasteiger partial charge >= 0.3 is 24.7 Å². The molecule has 0 saturated heterocycles. The van der Waals surface area contributed by atoms with E-state index in [0.717, 1.165) is 109 Å². The zero-order chi connectivity index (χ0) is 84.3. The summed E-state index contributed by atoms with van der Waals surface area (Å²) in [6, 6.07) is 38.1. The molecule has 7 heterocycles. The molecule has 0 fully saturated rings. The van der Waals surface area contributed by atoms with Crippen molar-refractivity contribution in [3.63, 3.8) is 0 Å². The number of ether oxygens (including phenoxy) is 2. The normalized spacial score (nSPS) is 13.7. The Morgan fingerprint density at radius 3 is 0.863 bits per heavy atom. The molecule has 0 unspecified atom stereocenters. The van der Waals surface area contributed by atoms with Crippen molar-refractivity contribution in [1.29, 1.82) is 0 Å². The van der Waals surface area contributed by atoms with Gasteiger partial charge in [-0.1, -0.05) is 102 Å².